The van der Waals surface area contributed by atoms with E-state index in [1.165, 1.54) is 0 Å². The van der Waals surface area contributed by atoms with Gasteiger partial charge in [-0.05, 0) is 12.0 Å². The van der Waals surface area contributed by atoms with Gasteiger partial charge in [0.15, 0.2) is 0 Å². The lowest BCUT2D eigenvalue weighted by atomic mass is 10.0. The Morgan fingerprint density at radius 2 is 2.40 bits per heavy atom. The fourth-order valence-corrected chi connectivity index (χ4v) is 1.56. The van der Waals surface area contributed by atoms with E-state index in [9.17, 15) is 4.79 Å². The van der Waals surface area contributed by atoms with Gasteiger partial charge >= 0.3 is 0 Å². The fourth-order valence-electron chi connectivity index (χ4n) is 1.56. The van der Waals surface area contributed by atoms with Crippen molar-refractivity contribution >= 4 is 5.78 Å². The molecule has 1 unspecified atom stereocenters. The average Bonchev–Trinajstić information content (AvgIpc) is 2.51. The summed E-state index contributed by atoms with van der Waals surface area (Å²) in [4.78, 5) is 11.6. The summed E-state index contributed by atoms with van der Waals surface area (Å²) in [5.41, 5.74) is 0.840. The number of ether oxygens (including phenoxy) is 1. The summed E-state index contributed by atoms with van der Waals surface area (Å²) >= 11 is 0. The number of methoxy groups -OCH3 is 1. The highest BCUT2D eigenvalue weighted by Gasteiger charge is 2.10. The third kappa shape index (κ3) is 4.25. The van der Waals surface area contributed by atoms with Crippen LogP contribution in [-0.4, -0.2) is 29.3 Å². The molecular formula is C11H18N2O2. The van der Waals surface area contributed by atoms with Gasteiger partial charge in [-0.1, -0.05) is 6.92 Å². The lowest BCUT2D eigenvalue weighted by molar-refractivity contribution is -0.119. The monoisotopic (exact) mass is 210 g/mol. The lowest BCUT2D eigenvalue weighted by Gasteiger charge is -2.07. The number of carbonyl (C=O) groups is 1. The molecule has 0 spiro atoms. The van der Waals surface area contributed by atoms with Crippen LogP contribution in [0.2, 0.25) is 0 Å². The molecule has 0 bridgehead atoms. The van der Waals surface area contributed by atoms with Gasteiger partial charge in [-0.15, -0.1) is 0 Å². The van der Waals surface area contributed by atoms with Crippen LogP contribution in [0.15, 0.2) is 12.3 Å². The molecule has 4 nitrogen and oxygen atoms in total. The molecular weight excluding hydrogens is 192 g/mol. The first-order chi connectivity index (χ1) is 7.11. The Morgan fingerprint density at radius 3 is 2.93 bits per heavy atom. The molecule has 1 heterocycles. The van der Waals surface area contributed by atoms with Crippen LogP contribution >= 0.6 is 0 Å². The number of aromatic nitrogens is 2. The predicted molar refractivity (Wildman–Crippen MR) is 57.6 cm³/mol. The fraction of sp³-hybridized carbons (Fsp3) is 0.636. The lowest BCUT2D eigenvalue weighted by Crippen LogP contribution is -2.12. The number of ketones is 1. The van der Waals surface area contributed by atoms with E-state index in [4.69, 9.17) is 4.74 Å². The Balaban J connectivity index is 2.36. The van der Waals surface area contributed by atoms with E-state index in [2.05, 4.69) is 5.10 Å². The first-order valence-corrected chi connectivity index (χ1v) is 5.11. The maximum Gasteiger partial charge on any atom is 0.139 e. The number of hydrogen-bond acceptors (Lipinski definition) is 3. The van der Waals surface area contributed by atoms with Crippen molar-refractivity contribution in [3.63, 3.8) is 0 Å². The minimum absolute atomic E-state index is 0.221. The number of carbonyl (C=O) groups excluding carboxylic acids is 1. The second-order valence-corrected chi connectivity index (χ2v) is 3.96. The molecule has 0 fully saturated rings. The van der Waals surface area contributed by atoms with E-state index < -0.39 is 0 Å². The maximum absolute atomic E-state index is 11.6. The predicted octanol–water partition coefficient (Wildman–Crippen LogP) is 1.20. The van der Waals surface area contributed by atoms with Crippen molar-refractivity contribution in [2.75, 3.05) is 13.7 Å². The molecule has 4 heteroatoms. The van der Waals surface area contributed by atoms with E-state index in [-0.39, 0.29) is 11.7 Å². The van der Waals surface area contributed by atoms with Crippen molar-refractivity contribution in [1.29, 1.82) is 0 Å². The highest BCUT2D eigenvalue weighted by Crippen LogP contribution is 2.06. The Bertz CT molecular complexity index is 320. The van der Waals surface area contributed by atoms with Gasteiger partial charge in [0.1, 0.15) is 5.78 Å². The zero-order valence-electron chi connectivity index (χ0n) is 9.56. The van der Waals surface area contributed by atoms with Crippen molar-refractivity contribution in [2.45, 2.75) is 19.8 Å². The van der Waals surface area contributed by atoms with Gasteiger partial charge in [-0.2, -0.15) is 5.10 Å². The summed E-state index contributed by atoms with van der Waals surface area (Å²) in [6.45, 7) is 2.65. The van der Waals surface area contributed by atoms with Gasteiger partial charge < -0.3 is 4.74 Å². The second kappa shape index (κ2) is 5.66. The van der Waals surface area contributed by atoms with Crippen molar-refractivity contribution in [3.05, 3.63) is 18.0 Å². The zero-order valence-corrected chi connectivity index (χ0v) is 9.56. The molecule has 1 rings (SSSR count). The summed E-state index contributed by atoms with van der Waals surface area (Å²) in [7, 11) is 3.50. The van der Waals surface area contributed by atoms with Gasteiger partial charge in [0.05, 0.1) is 12.1 Å². The third-order valence-corrected chi connectivity index (χ3v) is 2.17. The van der Waals surface area contributed by atoms with E-state index in [0.29, 0.717) is 19.4 Å². The third-order valence-electron chi connectivity index (χ3n) is 2.17. The summed E-state index contributed by atoms with van der Waals surface area (Å²) in [6.07, 6.45) is 2.83. The topological polar surface area (TPSA) is 44.1 Å². The van der Waals surface area contributed by atoms with Crippen LogP contribution in [0.4, 0.5) is 0 Å². The number of aryl methyl sites for hydroxylation is 1. The first-order valence-electron chi connectivity index (χ1n) is 5.11. The van der Waals surface area contributed by atoms with E-state index in [0.717, 1.165) is 5.69 Å². The van der Waals surface area contributed by atoms with Crippen LogP contribution in [0.25, 0.3) is 0 Å². The Labute approximate surface area is 90.2 Å². The quantitative estimate of drug-likeness (QED) is 0.708. The van der Waals surface area contributed by atoms with Gasteiger partial charge in [0, 0.05) is 33.4 Å². The highest BCUT2D eigenvalue weighted by molar-refractivity contribution is 5.80. The van der Waals surface area contributed by atoms with Crippen molar-refractivity contribution in [3.8, 4) is 0 Å². The second-order valence-electron chi connectivity index (χ2n) is 3.96. The highest BCUT2D eigenvalue weighted by atomic mass is 16.5. The van der Waals surface area contributed by atoms with E-state index >= 15 is 0 Å². The largest absolute Gasteiger partial charge is 0.384 e. The normalized spacial score (nSPS) is 12.7. The van der Waals surface area contributed by atoms with Crippen LogP contribution in [0.1, 0.15) is 19.0 Å². The Hall–Kier alpha value is -1.16. The van der Waals surface area contributed by atoms with Crippen molar-refractivity contribution in [2.24, 2.45) is 13.0 Å². The van der Waals surface area contributed by atoms with Gasteiger partial charge in [-0.25, -0.2) is 0 Å². The number of hydrogen-bond donors (Lipinski definition) is 0. The van der Waals surface area contributed by atoms with Gasteiger partial charge in [0.2, 0.25) is 0 Å². The molecule has 15 heavy (non-hydrogen) atoms. The molecule has 0 aromatic carbocycles. The number of rotatable bonds is 6. The maximum atomic E-state index is 11.6. The molecule has 0 N–H and O–H groups in total. The SMILES string of the molecule is COCC(C)CC(=O)Cc1ccn(C)n1. The van der Waals surface area contributed by atoms with Crippen LogP contribution in [0.5, 0.6) is 0 Å². The molecule has 0 amide bonds. The van der Waals surface area contributed by atoms with Crippen molar-refractivity contribution < 1.29 is 9.53 Å². The molecule has 1 aromatic rings. The number of Topliss-reactive ketones (excluding diaryl/α,β-unsaturated/α-hetero) is 1. The summed E-state index contributed by atoms with van der Waals surface area (Å²) in [6, 6.07) is 1.87. The first kappa shape index (κ1) is 11.9. The molecule has 0 saturated carbocycles. The molecule has 1 atom stereocenters. The van der Waals surface area contributed by atoms with E-state index in [1.54, 1.807) is 11.8 Å². The zero-order chi connectivity index (χ0) is 11.3. The van der Waals surface area contributed by atoms with Crippen molar-refractivity contribution in [1.82, 2.24) is 9.78 Å². The molecule has 0 aliphatic heterocycles. The smallest absolute Gasteiger partial charge is 0.139 e. The standard InChI is InChI=1S/C11H18N2O2/c1-9(8-15-3)6-11(14)7-10-4-5-13(2)12-10/h4-5,9H,6-8H2,1-3H3. The minimum atomic E-state index is 0.221. The Morgan fingerprint density at radius 1 is 1.67 bits per heavy atom. The molecule has 0 aliphatic rings. The van der Waals surface area contributed by atoms with E-state index in [1.807, 2.05) is 26.2 Å². The van der Waals surface area contributed by atoms with Crippen LogP contribution in [0.3, 0.4) is 0 Å². The number of nitrogens with zero attached hydrogens (tertiary/aromatic N) is 2. The minimum Gasteiger partial charge on any atom is -0.384 e. The van der Waals surface area contributed by atoms with Gasteiger partial charge in [-0.3, -0.25) is 9.48 Å². The molecule has 0 radical (unpaired) electrons. The summed E-state index contributed by atoms with van der Waals surface area (Å²) in [5.74, 6) is 0.504. The van der Waals surface area contributed by atoms with Crippen LogP contribution < -0.4 is 0 Å². The van der Waals surface area contributed by atoms with Crippen LogP contribution in [0, 0.1) is 5.92 Å². The summed E-state index contributed by atoms with van der Waals surface area (Å²) < 4.78 is 6.70. The summed E-state index contributed by atoms with van der Waals surface area (Å²) in [5, 5.41) is 4.17. The molecule has 1 aromatic heterocycles. The Kier molecular flexibility index (Phi) is 4.49. The van der Waals surface area contributed by atoms with Crippen LogP contribution in [-0.2, 0) is 23.0 Å². The average molecular weight is 210 g/mol. The molecule has 0 aliphatic carbocycles. The van der Waals surface area contributed by atoms with Gasteiger partial charge in [0.25, 0.3) is 0 Å². The molecule has 84 valence electrons. The molecule has 0 saturated heterocycles.